The minimum atomic E-state index is -0.566. The monoisotopic (exact) mass is 176 g/mol. The first-order chi connectivity index (χ1) is 5.22. The molecule has 1 nitrogen and oxygen atoms in total. The number of rotatable bonds is 6. The summed E-state index contributed by atoms with van der Waals surface area (Å²) in [7, 11) is 0. The molecule has 0 aliphatic carbocycles. The maximum atomic E-state index is 11.4. The van der Waals surface area contributed by atoms with Crippen molar-refractivity contribution in [3.63, 3.8) is 0 Å². The summed E-state index contributed by atoms with van der Waals surface area (Å²) in [4.78, 5) is 0. The van der Waals surface area contributed by atoms with Gasteiger partial charge >= 0.3 is 0 Å². The van der Waals surface area contributed by atoms with Crippen molar-refractivity contribution < 1.29 is 4.55 Å². The fourth-order valence-electron chi connectivity index (χ4n) is 1.03. The van der Waals surface area contributed by atoms with Crippen molar-refractivity contribution in [2.45, 2.75) is 51.7 Å². The molecule has 0 saturated heterocycles. The van der Waals surface area contributed by atoms with Gasteiger partial charge in [0.1, 0.15) is 11.0 Å². The van der Waals surface area contributed by atoms with E-state index in [4.69, 9.17) is 0 Å². The van der Waals surface area contributed by atoms with Crippen molar-refractivity contribution in [2.75, 3.05) is 5.75 Å². The van der Waals surface area contributed by atoms with Gasteiger partial charge in [0.2, 0.25) is 0 Å². The van der Waals surface area contributed by atoms with Crippen LogP contribution < -0.4 is 0 Å². The minimum Gasteiger partial charge on any atom is -0.616 e. The van der Waals surface area contributed by atoms with Crippen LogP contribution in [0, 0.1) is 0 Å². The van der Waals surface area contributed by atoms with Gasteiger partial charge in [-0.3, -0.25) is 0 Å². The van der Waals surface area contributed by atoms with Crippen molar-refractivity contribution in [3.8, 4) is 0 Å². The van der Waals surface area contributed by atoms with Crippen LogP contribution in [0.4, 0.5) is 0 Å². The van der Waals surface area contributed by atoms with Gasteiger partial charge in [0, 0.05) is 0 Å². The second kappa shape index (κ2) is 6.99. The third kappa shape index (κ3) is 5.57. The smallest absolute Gasteiger partial charge is 0.112 e. The molecule has 0 rings (SSSR count). The van der Waals surface area contributed by atoms with E-state index in [0.717, 1.165) is 18.6 Å². The molecule has 0 aliphatic rings. The van der Waals surface area contributed by atoms with E-state index in [1.54, 1.807) is 0 Å². The molecule has 11 heavy (non-hydrogen) atoms. The Labute approximate surface area is 73.8 Å². The first kappa shape index (κ1) is 11.3. The summed E-state index contributed by atoms with van der Waals surface area (Å²) in [6, 6.07) is 0. The van der Waals surface area contributed by atoms with E-state index in [9.17, 15) is 4.55 Å². The molecule has 2 atom stereocenters. The molecule has 0 spiro atoms. The fraction of sp³-hybridized carbons (Fsp3) is 1.00. The summed E-state index contributed by atoms with van der Waals surface area (Å²) >= 11 is -0.566. The van der Waals surface area contributed by atoms with Gasteiger partial charge in [0.25, 0.3) is 0 Å². The average Bonchev–Trinajstić information content (AvgIpc) is 2.00. The van der Waals surface area contributed by atoms with Crippen molar-refractivity contribution in [2.24, 2.45) is 0 Å². The van der Waals surface area contributed by atoms with Crippen LogP contribution in [0.15, 0.2) is 0 Å². The second-order valence-corrected chi connectivity index (χ2v) is 5.01. The molecule has 2 heteroatoms. The van der Waals surface area contributed by atoms with E-state index < -0.39 is 11.2 Å². The Hall–Kier alpha value is 0.310. The quantitative estimate of drug-likeness (QED) is 0.571. The molecule has 0 fully saturated rings. The second-order valence-electron chi connectivity index (χ2n) is 3.04. The lowest BCUT2D eigenvalue weighted by Crippen LogP contribution is -2.20. The molecule has 0 N–H and O–H groups in total. The Morgan fingerprint density at radius 2 is 1.91 bits per heavy atom. The first-order valence-electron chi connectivity index (χ1n) is 4.59. The molecule has 0 aromatic carbocycles. The molecule has 68 valence electrons. The Morgan fingerprint density at radius 1 is 1.27 bits per heavy atom. The molecular formula is C9H20OS. The Morgan fingerprint density at radius 3 is 2.36 bits per heavy atom. The van der Waals surface area contributed by atoms with E-state index in [1.165, 1.54) is 12.8 Å². The molecule has 0 aliphatic heterocycles. The van der Waals surface area contributed by atoms with E-state index >= 15 is 0 Å². The Balaban J connectivity index is 3.38. The van der Waals surface area contributed by atoms with Gasteiger partial charge in [0.15, 0.2) is 0 Å². The third-order valence-electron chi connectivity index (χ3n) is 1.82. The number of hydrogen-bond acceptors (Lipinski definition) is 1. The SMILES string of the molecule is CCCCC(C)[S+]([O-])CCC. The normalized spacial score (nSPS) is 16.4. The van der Waals surface area contributed by atoms with Crippen LogP contribution in [0.1, 0.15) is 46.5 Å². The molecule has 0 radical (unpaired) electrons. The summed E-state index contributed by atoms with van der Waals surface area (Å²) in [6.45, 7) is 6.36. The lowest BCUT2D eigenvalue weighted by atomic mass is 10.2. The summed E-state index contributed by atoms with van der Waals surface area (Å²) in [6.07, 6.45) is 4.61. The van der Waals surface area contributed by atoms with Gasteiger partial charge in [-0.1, -0.05) is 31.4 Å². The van der Waals surface area contributed by atoms with Gasteiger partial charge in [-0.2, -0.15) is 0 Å². The van der Waals surface area contributed by atoms with Gasteiger partial charge in [-0.05, 0) is 26.2 Å². The zero-order valence-electron chi connectivity index (χ0n) is 7.93. The molecule has 2 unspecified atom stereocenters. The van der Waals surface area contributed by atoms with Crippen LogP contribution in [0.2, 0.25) is 0 Å². The van der Waals surface area contributed by atoms with E-state index in [0.29, 0.717) is 5.25 Å². The van der Waals surface area contributed by atoms with Crippen molar-refractivity contribution in [3.05, 3.63) is 0 Å². The highest BCUT2D eigenvalue weighted by atomic mass is 32.2. The zero-order chi connectivity index (χ0) is 8.69. The molecule has 0 heterocycles. The van der Waals surface area contributed by atoms with Gasteiger partial charge in [0.05, 0.1) is 0 Å². The lowest BCUT2D eigenvalue weighted by Gasteiger charge is -2.17. The summed E-state index contributed by atoms with van der Waals surface area (Å²) in [5.41, 5.74) is 0. The highest BCUT2D eigenvalue weighted by molar-refractivity contribution is 7.91. The average molecular weight is 176 g/mol. The molecule has 0 amide bonds. The largest absolute Gasteiger partial charge is 0.616 e. The molecule has 0 saturated carbocycles. The van der Waals surface area contributed by atoms with Crippen LogP contribution >= 0.6 is 0 Å². The Bertz CT molecular complexity index is 85.6. The van der Waals surface area contributed by atoms with E-state index in [-0.39, 0.29) is 0 Å². The van der Waals surface area contributed by atoms with E-state index in [2.05, 4.69) is 20.8 Å². The third-order valence-corrected chi connectivity index (χ3v) is 3.76. The predicted octanol–water partition coefficient (Wildman–Crippen LogP) is 2.72. The standard InChI is InChI=1S/C9H20OS/c1-4-6-7-9(3)11(10)8-5-2/h9H,4-8H2,1-3H3. The highest BCUT2D eigenvalue weighted by Crippen LogP contribution is 2.11. The van der Waals surface area contributed by atoms with Crippen LogP contribution in [-0.4, -0.2) is 15.6 Å². The zero-order valence-corrected chi connectivity index (χ0v) is 8.75. The van der Waals surface area contributed by atoms with Crippen molar-refractivity contribution in [1.82, 2.24) is 0 Å². The molecule has 0 aromatic heterocycles. The fourth-order valence-corrected chi connectivity index (χ4v) is 2.26. The van der Waals surface area contributed by atoms with Gasteiger partial charge in [-0.25, -0.2) is 0 Å². The molecule has 0 aromatic rings. The minimum absolute atomic E-state index is 0.412. The Kier molecular flexibility index (Phi) is 7.18. The summed E-state index contributed by atoms with van der Waals surface area (Å²) in [5.74, 6) is 0.880. The van der Waals surface area contributed by atoms with Crippen molar-refractivity contribution in [1.29, 1.82) is 0 Å². The maximum Gasteiger partial charge on any atom is 0.112 e. The van der Waals surface area contributed by atoms with Gasteiger partial charge < -0.3 is 4.55 Å². The number of hydrogen-bond donors (Lipinski definition) is 0. The van der Waals surface area contributed by atoms with Crippen LogP contribution in [0.25, 0.3) is 0 Å². The van der Waals surface area contributed by atoms with Gasteiger partial charge in [-0.15, -0.1) is 0 Å². The van der Waals surface area contributed by atoms with E-state index in [1.807, 2.05) is 0 Å². The van der Waals surface area contributed by atoms with Crippen LogP contribution in [0.3, 0.4) is 0 Å². The predicted molar refractivity (Wildman–Crippen MR) is 52.3 cm³/mol. The lowest BCUT2D eigenvalue weighted by molar-refractivity contribution is 0.569. The van der Waals surface area contributed by atoms with Crippen LogP contribution in [0.5, 0.6) is 0 Å². The first-order valence-corrected chi connectivity index (χ1v) is 5.97. The topological polar surface area (TPSA) is 23.1 Å². The summed E-state index contributed by atoms with van der Waals surface area (Å²) in [5, 5.41) is 0.412. The highest BCUT2D eigenvalue weighted by Gasteiger charge is 2.14. The maximum absolute atomic E-state index is 11.4. The molecule has 0 bridgehead atoms. The van der Waals surface area contributed by atoms with Crippen molar-refractivity contribution >= 4 is 11.2 Å². The van der Waals surface area contributed by atoms with Crippen LogP contribution in [-0.2, 0) is 11.2 Å². The number of unbranched alkanes of at least 4 members (excludes halogenated alkanes) is 1. The molecular weight excluding hydrogens is 156 g/mol. The summed E-state index contributed by atoms with van der Waals surface area (Å²) < 4.78 is 11.4.